The molecule has 0 fully saturated rings. The molecule has 0 spiro atoms. The number of ketones is 1. The molecule has 0 saturated carbocycles. The number of carbonyl (C=O) groups excluding carboxylic acids is 1. The molecule has 1 aromatic heterocycles. The molecule has 2 aromatic rings. The number of benzene rings is 1. The van der Waals surface area contributed by atoms with E-state index in [1.54, 1.807) is 31.1 Å². The van der Waals surface area contributed by atoms with Gasteiger partial charge in [-0.05, 0) is 37.1 Å². The summed E-state index contributed by atoms with van der Waals surface area (Å²) in [4.78, 5) is 38.5. The van der Waals surface area contributed by atoms with Crippen molar-refractivity contribution in [1.82, 2.24) is 19.2 Å². The average molecular weight is 328 g/mol. The molecule has 0 saturated heterocycles. The SMILES string of the molecule is Cc1cc(C)cc(-n2nc(C(=O)C=CN(C)C)c(=O)n(C)c2=O)c1. The van der Waals surface area contributed by atoms with Crippen molar-refractivity contribution in [3.63, 3.8) is 0 Å². The van der Waals surface area contributed by atoms with Crippen molar-refractivity contribution in [2.75, 3.05) is 14.1 Å². The quantitative estimate of drug-likeness (QED) is 0.613. The van der Waals surface area contributed by atoms with E-state index in [0.29, 0.717) is 5.69 Å². The molecule has 1 aromatic carbocycles. The predicted molar refractivity (Wildman–Crippen MR) is 91.7 cm³/mol. The van der Waals surface area contributed by atoms with Gasteiger partial charge in [-0.15, -0.1) is 0 Å². The monoisotopic (exact) mass is 328 g/mol. The number of carbonyl (C=O) groups is 1. The van der Waals surface area contributed by atoms with Crippen LogP contribution in [0.3, 0.4) is 0 Å². The maximum atomic E-state index is 12.4. The van der Waals surface area contributed by atoms with Crippen LogP contribution in [0.15, 0.2) is 40.1 Å². The van der Waals surface area contributed by atoms with Crippen molar-refractivity contribution in [3.05, 3.63) is 68.1 Å². The highest BCUT2D eigenvalue weighted by Gasteiger charge is 2.17. The highest BCUT2D eigenvalue weighted by atomic mass is 16.2. The Bertz CT molecular complexity index is 916. The molecular weight excluding hydrogens is 308 g/mol. The third kappa shape index (κ3) is 3.51. The lowest BCUT2D eigenvalue weighted by Crippen LogP contribution is -2.42. The van der Waals surface area contributed by atoms with E-state index in [0.717, 1.165) is 20.4 Å². The first-order chi connectivity index (χ1) is 11.2. The van der Waals surface area contributed by atoms with Gasteiger partial charge >= 0.3 is 5.69 Å². The second-order valence-electron chi connectivity index (χ2n) is 5.90. The summed E-state index contributed by atoms with van der Waals surface area (Å²) in [6.45, 7) is 3.80. The molecule has 0 amide bonds. The molecule has 24 heavy (non-hydrogen) atoms. The number of rotatable bonds is 4. The summed E-state index contributed by atoms with van der Waals surface area (Å²) in [6, 6.07) is 5.51. The van der Waals surface area contributed by atoms with Gasteiger partial charge in [0.05, 0.1) is 5.69 Å². The zero-order chi connectivity index (χ0) is 18.0. The van der Waals surface area contributed by atoms with Gasteiger partial charge in [-0.2, -0.15) is 9.78 Å². The fourth-order valence-corrected chi connectivity index (χ4v) is 2.26. The third-order valence-electron chi connectivity index (χ3n) is 3.38. The molecule has 1 heterocycles. The molecule has 0 aliphatic rings. The zero-order valence-corrected chi connectivity index (χ0v) is 14.4. The molecule has 0 N–H and O–H groups in total. The summed E-state index contributed by atoms with van der Waals surface area (Å²) in [7, 11) is 4.84. The van der Waals surface area contributed by atoms with Crippen molar-refractivity contribution < 1.29 is 4.79 Å². The van der Waals surface area contributed by atoms with Crippen LogP contribution < -0.4 is 11.2 Å². The minimum absolute atomic E-state index is 0.297. The number of aromatic nitrogens is 3. The molecular formula is C17H20N4O3. The largest absolute Gasteiger partial charge is 0.383 e. The van der Waals surface area contributed by atoms with E-state index in [1.807, 2.05) is 19.9 Å². The number of allylic oxidation sites excluding steroid dienone is 1. The van der Waals surface area contributed by atoms with Gasteiger partial charge in [0.2, 0.25) is 5.78 Å². The van der Waals surface area contributed by atoms with Crippen molar-refractivity contribution >= 4 is 5.78 Å². The van der Waals surface area contributed by atoms with E-state index in [9.17, 15) is 14.4 Å². The van der Waals surface area contributed by atoms with E-state index < -0.39 is 17.0 Å². The van der Waals surface area contributed by atoms with Crippen LogP contribution in [0.4, 0.5) is 0 Å². The number of hydrogen-bond donors (Lipinski definition) is 0. The Morgan fingerprint density at radius 1 is 1.12 bits per heavy atom. The first-order valence-electron chi connectivity index (χ1n) is 7.38. The maximum Gasteiger partial charge on any atom is 0.351 e. The molecule has 7 heteroatoms. The molecule has 0 radical (unpaired) electrons. The van der Waals surface area contributed by atoms with Crippen LogP contribution in [0.2, 0.25) is 0 Å². The second kappa shape index (κ2) is 6.66. The van der Waals surface area contributed by atoms with Crippen LogP contribution >= 0.6 is 0 Å². The number of hydrogen-bond acceptors (Lipinski definition) is 5. The van der Waals surface area contributed by atoms with Gasteiger partial charge in [-0.25, -0.2) is 4.79 Å². The Balaban J connectivity index is 2.69. The molecule has 0 aliphatic carbocycles. The van der Waals surface area contributed by atoms with E-state index in [-0.39, 0.29) is 5.69 Å². The highest BCUT2D eigenvalue weighted by Crippen LogP contribution is 2.11. The van der Waals surface area contributed by atoms with E-state index in [1.165, 1.54) is 19.3 Å². The first-order valence-corrected chi connectivity index (χ1v) is 7.38. The summed E-state index contributed by atoms with van der Waals surface area (Å²) in [5.41, 5.74) is 0.807. The Morgan fingerprint density at radius 3 is 2.25 bits per heavy atom. The van der Waals surface area contributed by atoms with Gasteiger partial charge in [0, 0.05) is 33.4 Å². The summed E-state index contributed by atoms with van der Waals surface area (Å²) in [6.07, 6.45) is 2.77. The molecule has 0 aliphatic heterocycles. The topological polar surface area (TPSA) is 77.2 Å². The van der Waals surface area contributed by atoms with Crippen molar-refractivity contribution in [2.24, 2.45) is 7.05 Å². The minimum Gasteiger partial charge on any atom is -0.383 e. The Kier molecular flexibility index (Phi) is 4.82. The molecule has 0 unspecified atom stereocenters. The van der Waals surface area contributed by atoms with Gasteiger partial charge in [0.15, 0.2) is 5.69 Å². The lowest BCUT2D eigenvalue weighted by molar-refractivity contribution is 0.103. The number of aryl methyl sites for hydroxylation is 2. The summed E-state index contributed by atoms with van der Waals surface area (Å²) in [5, 5.41) is 4.01. The molecule has 126 valence electrons. The fraction of sp³-hybridized carbons (Fsp3) is 0.294. The smallest absolute Gasteiger partial charge is 0.351 e. The van der Waals surface area contributed by atoms with Gasteiger partial charge < -0.3 is 4.90 Å². The summed E-state index contributed by atoms with van der Waals surface area (Å²) < 4.78 is 1.97. The Labute approximate surface area is 139 Å². The van der Waals surface area contributed by atoms with Crippen molar-refractivity contribution in [2.45, 2.75) is 13.8 Å². The molecule has 7 nitrogen and oxygen atoms in total. The Morgan fingerprint density at radius 2 is 1.71 bits per heavy atom. The summed E-state index contributed by atoms with van der Waals surface area (Å²) in [5.74, 6) is -0.553. The highest BCUT2D eigenvalue weighted by molar-refractivity contribution is 6.02. The maximum absolute atomic E-state index is 12.4. The average Bonchev–Trinajstić information content (AvgIpc) is 2.49. The van der Waals surface area contributed by atoms with E-state index in [2.05, 4.69) is 5.10 Å². The van der Waals surface area contributed by atoms with Gasteiger partial charge in [-0.1, -0.05) is 6.07 Å². The fourth-order valence-electron chi connectivity index (χ4n) is 2.26. The number of nitrogens with zero attached hydrogens (tertiary/aromatic N) is 4. The van der Waals surface area contributed by atoms with Crippen LogP contribution in [-0.2, 0) is 7.05 Å². The van der Waals surface area contributed by atoms with Crippen molar-refractivity contribution in [3.8, 4) is 5.69 Å². The zero-order valence-electron chi connectivity index (χ0n) is 14.4. The lowest BCUT2D eigenvalue weighted by Gasteiger charge is -2.10. The van der Waals surface area contributed by atoms with Gasteiger partial charge in [0.1, 0.15) is 0 Å². The lowest BCUT2D eigenvalue weighted by atomic mass is 10.1. The van der Waals surface area contributed by atoms with E-state index in [4.69, 9.17) is 0 Å². The van der Waals surface area contributed by atoms with Crippen LogP contribution in [0.5, 0.6) is 0 Å². The van der Waals surface area contributed by atoms with Crippen LogP contribution in [-0.4, -0.2) is 39.1 Å². The Hall–Kier alpha value is -2.96. The third-order valence-corrected chi connectivity index (χ3v) is 3.38. The minimum atomic E-state index is -0.714. The normalized spacial score (nSPS) is 11.0. The first kappa shape index (κ1) is 17.4. The molecule has 0 atom stereocenters. The van der Waals surface area contributed by atoms with Crippen molar-refractivity contribution in [1.29, 1.82) is 0 Å². The van der Waals surface area contributed by atoms with Crippen LogP contribution in [0.1, 0.15) is 21.6 Å². The van der Waals surface area contributed by atoms with Gasteiger partial charge in [0.25, 0.3) is 5.56 Å². The van der Waals surface area contributed by atoms with Crippen LogP contribution in [0.25, 0.3) is 5.69 Å². The predicted octanol–water partition coefficient (Wildman–Crippen LogP) is 0.806. The van der Waals surface area contributed by atoms with Gasteiger partial charge in [-0.3, -0.25) is 14.2 Å². The molecule has 2 rings (SSSR count). The standard InChI is InChI=1S/C17H20N4O3/c1-11-8-12(2)10-13(9-11)21-17(24)20(5)16(23)15(18-21)14(22)6-7-19(3)4/h6-10H,1-5H3. The summed E-state index contributed by atoms with van der Waals surface area (Å²) >= 11 is 0. The van der Waals surface area contributed by atoms with Crippen LogP contribution in [0, 0.1) is 13.8 Å². The van der Waals surface area contributed by atoms with E-state index >= 15 is 0 Å². The second-order valence-corrected chi connectivity index (χ2v) is 5.90. The molecule has 0 bridgehead atoms.